The molecule has 172 valence electrons. The van der Waals surface area contributed by atoms with Crippen molar-refractivity contribution < 1.29 is 14.7 Å². The van der Waals surface area contributed by atoms with Gasteiger partial charge in [0.05, 0.1) is 6.54 Å². The number of amidine groups is 1. The summed E-state index contributed by atoms with van der Waals surface area (Å²) < 4.78 is 0. The van der Waals surface area contributed by atoms with Crippen molar-refractivity contribution in [2.75, 3.05) is 6.54 Å². The van der Waals surface area contributed by atoms with Crippen LogP contribution in [0.2, 0.25) is 0 Å². The van der Waals surface area contributed by atoms with Crippen molar-refractivity contribution >= 4 is 28.8 Å². The van der Waals surface area contributed by atoms with Crippen LogP contribution in [0.25, 0.3) is 0 Å². The van der Waals surface area contributed by atoms with Crippen LogP contribution < -0.4 is 4.83 Å². The van der Waals surface area contributed by atoms with E-state index >= 15 is 0 Å². The maximum absolute atomic E-state index is 11.8. The molecular formula is C26H24N4O3S. The number of benzene rings is 3. The Bertz CT molecular complexity index is 1100. The van der Waals surface area contributed by atoms with Crippen molar-refractivity contribution in [3.05, 3.63) is 108 Å². The summed E-state index contributed by atoms with van der Waals surface area (Å²) in [6.07, 6.45) is 1.82. The van der Waals surface area contributed by atoms with Crippen molar-refractivity contribution in [2.24, 2.45) is 10.1 Å². The van der Waals surface area contributed by atoms with Crippen LogP contribution in [0.4, 0.5) is 0 Å². The molecule has 3 aromatic rings. The molecule has 1 aliphatic heterocycles. The molecule has 0 aromatic heterocycles. The number of aliphatic carboxylic acids is 1. The number of hydrogen-bond acceptors (Lipinski definition) is 6. The van der Waals surface area contributed by atoms with Crippen LogP contribution in [0.5, 0.6) is 0 Å². The van der Waals surface area contributed by atoms with Crippen LogP contribution in [0, 0.1) is 0 Å². The molecule has 0 spiro atoms. The molecule has 0 radical (unpaired) electrons. The molecule has 1 saturated carbocycles. The minimum Gasteiger partial charge on any atom is -0.475 e. The predicted molar refractivity (Wildman–Crippen MR) is 133 cm³/mol. The van der Waals surface area contributed by atoms with E-state index in [4.69, 9.17) is 9.83 Å². The molecule has 7 nitrogen and oxygen atoms in total. The van der Waals surface area contributed by atoms with Crippen LogP contribution in [0.15, 0.2) is 101 Å². The second-order valence-corrected chi connectivity index (χ2v) is 8.98. The second kappa shape index (κ2) is 9.70. The third-order valence-corrected chi connectivity index (χ3v) is 6.46. The molecule has 1 heterocycles. The van der Waals surface area contributed by atoms with Gasteiger partial charge < -0.3 is 9.94 Å². The molecule has 1 aliphatic carbocycles. The largest absolute Gasteiger partial charge is 0.475 e. The molecule has 1 saturated heterocycles. The Morgan fingerprint density at radius 3 is 1.85 bits per heavy atom. The SMILES string of the molecule is O=C(O)C(=NOC1CC1)N1CC(=NC(c2ccccc2)(c2ccccc2)c2ccccc2)SN1. The van der Waals surface area contributed by atoms with Gasteiger partial charge in [0.1, 0.15) is 16.7 Å². The third-order valence-electron chi connectivity index (χ3n) is 5.69. The Balaban J connectivity index is 1.59. The first-order valence-corrected chi connectivity index (χ1v) is 11.9. The van der Waals surface area contributed by atoms with Crippen molar-refractivity contribution in [2.45, 2.75) is 24.5 Å². The Kier molecular flexibility index (Phi) is 6.33. The number of nitrogens with zero attached hydrogens (tertiary/aromatic N) is 3. The standard InChI is InChI=1S/C26H24N4O3S/c31-25(32)24(28-33-22-16-17-22)30-18-23(34-29-30)27-26(19-10-4-1-5-11-19,20-12-6-2-7-13-20)21-14-8-3-9-15-21/h1-15,22,29H,16-18H2,(H,31,32). The minimum absolute atomic E-state index is 0.0136. The summed E-state index contributed by atoms with van der Waals surface area (Å²) in [5.41, 5.74) is 2.24. The van der Waals surface area contributed by atoms with Gasteiger partial charge in [-0.15, -0.1) is 0 Å². The van der Waals surface area contributed by atoms with Gasteiger partial charge in [0, 0.05) is 0 Å². The minimum atomic E-state index is -1.16. The lowest BCUT2D eigenvalue weighted by Crippen LogP contribution is -2.40. The lowest BCUT2D eigenvalue weighted by Gasteiger charge is -2.32. The monoisotopic (exact) mass is 472 g/mol. The summed E-state index contributed by atoms with van der Waals surface area (Å²) >= 11 is 1.28. The normalized spacial score (nSPS) is 17.7. The van der Waals surface area contributed by atoms with Crippen molar-refractivity contribution in [3.8, 4) is 0 Å². The number of aliphatic imine (C=N–C) groups is 1. The number of carboxylic acid groups (broad SMARTS) is 1. The van der Waals surface area contributed by atoms with Crippen LogP contribution in [-0.2, 0) is 15.2 Å². The highest BCUT2D eigenvalue weighted by molar-refractivity contribution is 8.12. The molecule has 0 bridgehead atoms. The van der Waals surface area contributed by atoms with E-state index in [9.17, 15) is 9.90 Å². The second-order valence-electron chi connectivity index (χ2n) is 8.12. The number of hydrogen-bond donors (Lipinski definition) is 2. The Morgan fingerprint density at radius 2 is 1.41 bits per heavy atom. The first-order valence-electron chi connectivity index (χ1n) is 11.1. The molecule has 3 aromatic carbocycles. The zero-order valence-corrected chi connectivity index (χ0v) is 19.2. The average Bonchev–Trinajstić information content (AvgIpc) is 3.60. The smallest absolute Gasteiger partial charge is 0.376 e. The maximum Gasteiger partial charge on any atom is 0.376 e. The van der Waals surface area contributed by atoms with Gasteiger partial charge >= 0.3 is 5.97 Å². The number of carboxylic acids is 1. The van der Waals surface area contributed by atoms with Gasteiger partial charge in [-0.1, -0.05) is 96.2 Å². The summed E-state index contributed by atoms with van der Waals surface area (Å²) in [5, 5.41) is 15.8. The predicted octanol–water partition coefficient (Wildman–Crippen LogP) is 4.42. The highest BCUT2D eigenvalue weighted by Gasteiger charge is 2.38. The Morgan fingerprint density at radius 1 is 0.912 bits per heavy atom. The highest BCUT2D eigenvalue weighted by atomic mass is 32.2. The summed E-state index contributed by atoms with van der Waals surface area (Å²) in [6.45, 7) is 0.248. The number of nitrogens with one attached hydrogen (secondary N) is 1. The molecule has 34 heavy (non-hydrogen) atoms. The molecule has 5 rings (SSSR count). The molecule has 2 N–H and O–H groups in total. The molecule has 2 aliphatic rings. The first-order chi connectivity index (χ1) is 16.7. The van der Waals surface area contributed by atoms with E-state index in [0.717, 1.165) is 34.6 Å². The van der Waals surface area contributed by atoms with E-state index in [1.54, 1.807) is 0 Å². The van der Waals surface area contributed by atoms with Crippen LogP contribution in [0.3, 0.4) is 0 Å². The zero-order valence-electron chi connectivity index (χ0n) is 18.4. The number of hydrazine groups is 1. The van der Waals surface area contributed by atoms with E-state index in [-0.39, 0.29) is 18.5 Å². The van der Waals surface area contributed by atoms with E-state index in [1.807, 2.05) is 54.6 Å². The van der Waals surface area contributed by atoms with Gasteiger partial charge in [-0.05, 0) is 41.5 Å². The summed E-state index contributed by atoms with van der Waals surface area (Å²) in [7, 11) is 0. The highest BCUT2D eigenvalue weighted by Crippen LogP contribution is 2.41. The number of carbonyl (C=O) groups is 1. The van der Waals surface area contributed by atoms with Gasteiger partial charge in [-0.2, -0.15) is 4.83 Å². The van der Waals surface area contributed by atoms with Gasteiger partial charge in [-0.3, -0.25) is 10.0 Å². The first kappa shape index (κ1) is 22.2. The van der Waals surface area contributed by atoms with Gasteiger partial charge in [0.25, 0.3) is 5.84 Å². The van der Waals surface area contributed by atoms with E-state index in [1.165, 1.54) is 17.0 Å². The van der Waals surface area contributed by atoms with E-state index in [2.05, 4.69) is 46.4 Å². The quantitative estimate of drug-likeness (QED) is 0.182. The zero-order chi connectivity index (χ0) is 23.4. The fourth-order valence-electron chi connectivity index (χ4n) is 3.90. The topological polar surface area (TPSA) is 86.5 Å². The number of oxime groups is 1. The van der Waals surface area contributed by atoms with Crippen molar-refractivity contribution in [1.82, 2.24) is 9.84 Å². The molecular weight excluding hydrogens is 448 g/mol. The van der Waals surface area contributed by atoms with Gasteiger partial charge in [0.15, 0.2) is 0 Å². The van der Waals surface area contributed by atoms with E-state index in [0.29, 0.717) is 0 Å². The van der Waals surface area contributed by atoms with Crippen LogP contribution >= 0.6 is 11.9 Å². The lowest BCUT2D eigenvalue weighted by molar-refractivity contribution is -0.130. The summed E-state index contributed by atoms with van der Waals surface area (Å²) in [5.74, 6) is -1.34. The van der Waals surface area contributed by atoms with Gasteiger partial charge in [0.2, 0.25) is 0 Å². The van der Waals surface area contributed by atoms with Crippen molar-refractivity contribution in [3.63, 3.8) is 0 Å². The molecule has 0 unspecified atom stereocenters. The number of rotatable bonds is 6. The molecule has 0 atom stereocenters. The summed E-state index contributed by atoms with van der Waals surface area (Å²) in [6, 6.07) is 30.4. The van der Waals surface area contributed by atoms with E-state index < -0.39 is 11.5 Å². The lowest BCUT2D eigenvalue weighted by atomic mass is 9.77. The molecule has 0 amide bonds. The molecule has 8 heteroatoms. The third kappa shape index (κ3) is 4.55. The Hall–Kier alpha value is -3.62. The van der Waals surface area contributed by atoms with Crippen molar-refractivity contribution in [1.29, 1.82) is 0 Å². The molecule has 2 fully saturated rings. The van der Waals surface area contributed by atoms with Gasteiger partial charge in [-0.25, -0.2) is 4.79 Å². The Labute approximate surface area is 202 Å². The summed E-state index contributed by atoms with van der Waals surface area (Å²) in [4.78, 5) is 25.5. The maximum atomic E-state index is 11.8. The van der Waals surface area contributed by atoms with Crippen LogP contribution in [-0.4, -0.2) is 39.6 Å². The van der Waals surface area contributed by atoms with Crippen LogP contribution in [0.1, 0.15) is 29.5 Å². The average molecular weight is 473 g/mol. The fraction of sp³-hybridized carbons (Fsp3) is 0.192. The fourth-order valence-corrected chi connectivity index (χ4v) is 4.65.